The maximum absolute atomic E-state index is 12.3. The number of carbonyl (C=O) groups is 1. The molecule has 0 saturated heterocycles. The Balaban J connectivity index is 1.42. The standard InChI is InChI=1S/C22H20N2O4S/c1-14-20(12-15-7-9-18-19(11-15)28-13-27-18)29-22(23-14)24-21(25)10-8-16-5-3-4-6-17(16)26-2/h3-11H,12-13H2,1-2H3,(H,23,24,25)/b10-8+. The van der Waals surface area contributed by atoms with Crippen molar-refractivity contribution in [2.24, 2.45) is 0 Å². The van der Waals surface area contributed by atoms with Crippen LogP contribution in [0.4, 0.5) is 5.13 Å². The molecule has 0 atom stereocenters. The SMILES string of the molecule is COc1ccccc1/C=C/C(=O)Nc1nc(C)c(Cc2ccc3c(c2)OCO3)s1. The van der Waals surface area contributed by atoms with E-state index in [1.807, 2.05) is 49.4 Å². The number of rotatable bonds is 6. The Morgan fingerprint density at radius 2 is 2.07 bits per heavy atom. The Labute approximate surface area is 172 Å². The second-order valence-electron chi connectivity index (χ2n) is 6.46. The van der Waals surface area contributed by atoms with Crippen LogP contribution in [0.1, 0.15) is 21.7 Å². The molecule has 0 fully saturated rings. The summed E-state index contributed by atoms with van der Waals surface area (Å²) in [6.07, 6.45) is 3.92. The Kier molecular flexibility index (Phi) is 5.48. The summed E-state index contributed by atoms with van der Waals surface area (Å²) in [5, 5.41) is 3.41. The first-order valence-corrected chi connectivity index (χ1v) is 9.91. The van der Waals surface area contributed by atoms with Gasteiger partial charge in [0.1, 0.15) is 5.75 Å². The highest BCUT2D eigenvalue weighted by atomic mass is 32.1. The van der Waals surface area contributed by atoms with Gasteiger partial charge in [-0.15, -0.1) is 11.3 Å². The molecule has 0 aliphatic carbocycles. The molecule has 1 aliphatic rings. The molecule has 0 spiro atoms. The number of fused-ring (bicyclic) bond motifs is 1. The van der Waals surface area contributed by atoms with Gasteiger partial charge in [0.2, 0.25) is 12.7 Å². The van der Waals surface area contributed by atoms with Gasteiger partial charge in [-0.25, -0.2) is 4.98 Å². The summed E-state index contributed by atoms with van der Waals surface area (Å²) in [6.45, 7) is 2.20. The van der Waals surface area contributed by atoms with Gasteiger partial charge < -0.3 is 14.2 Å². The number of hydrogen-bond acceptors (Lipinski definition) is 6. The fraction of sp³-hybridized carbons (Fsp3) is 0.182. The average molecular weight is 408 g/mol. The predicted octanol–water partition coefficient (Wildman–Crippen LogP) is 4.43. The minimum absolute atomic E-state index is 0.237. The van der Waals surface area contributed by atoms with Crippen molar-refractivity contribution in [2.75, 3.05) is 19.2 Å². The average Bonchev–Trinajstić information content (AvgIpc) is 3.32. The van der Waals surface area contributed by atoms with Gasteiger partial charge >= 0.3 is 0 Å². The first-order valence-electron chi connectivity index (χ1n) is 9.09. The number of aryl methyl sites for hydroxylation is 1. The number of hydrogen-bond donors (Lipinski definition) is 1. The van der Waals surface area contributed by atoms with Crippen molar-refractivity contribution < 1.29 is 19.0 Å². The van der Waals surface area contributed by atoms with Crippen LogP contribution in [0.2, 0.25) is 0 Å². The highest BCUT2D eigenvalue weighted by Gasteiger charge is 2.15. The summed E-state index contributed by atoms with van der Waals surface area (Å²) in [5.41, 5.74) is 2.84. The molecule has 0 radical (unpaired) electrons. The zero-order valence-corrected chi connectivity index (χ0v) is 16.9. The van der Waals surface area contributed by atoms with Crippen molar-refractivity contribution in [2.45, 2.75) is 13.3 Å². The van der Waals surface area contributed by atoms with Gasteiger partial charge in [0.25, 0.3) is 0 Å². The predicted molar refractivity (Wildman–Crippen MR) is 113 cm³/mol. The van der Waals surface area contributed by atoms with Crippen molar-refractivity contribution in [3.05, 3.63) is 70.2 Å². The quantitative estimate of drug-likeness (QED) is 0.611. The molecule has 1 aliphatic heterocycles. The third kappa shape index (κ3) is 4.41. The van der Waals surface area contributed by atoms with Gasteiger partial charge in [-0.1, -0.05) is 24.3 Å². The maximum Gasteiger partial charge on any atom is 0.250 e. The van der Waals surface area contributed by atoms with Crippen molar-refractivity contribution in [1.29, 1.82) is 0 Å². The summed E-state index contributed by atoms with van der Waals surface area (Å²) in [4.78, 5) is 17.9. The van der Waals surface area contributed by atoms with Crippen LogP contribution < -0.4 is 19.5 Å². The van der Waals surface area contributed by atoms with Gasteiger partial charge in [-0.05, 0) is 36.8 Å². The third-order valence-electron chi connectivity index (χ3n) is 4.48. The Bertz CT molecular complexity index is 1070. The molecule has 4 rings (SSSR count). The van der Waals surface area contributed by atoms with E-state index in [2.05, 4.69) is 10.3 Å². The van der Waals surface area contributed by atoms with E-state index in [0.717, 1.165) is 33.2 Å². The van der Waals surface area contributed by atoms with E-state index < -0.39 is 0 Å². The van der Waals surface area contributed by atoms with Crippen LogP contribution in [-0.4, -0.2) is 24.8 Å². The molecule has 7 heteroatoms. The molecule has 2 aromatic carbocycles. The lowest BCUT2D eigenvalue weighted by molar-refractivity contribution is -0.111. The minimum Gasteiger partial charge on any atom is -0.496 e. The first-order chi connectivity index (χ1) is 14.1. The summed E-state index contributed by atoms with van der Waals surface area (Å²) >= 11 is 1.47. The third-order valence-corrected chi connectivity index (χ3v) is 5.55. The molecule has 0 bridgehead atoms. The number of ether oxygens (including phenoxy) is 3. The van der Waals surface area contributed by atoms with Crippen molar-refractivity contribution in [3.8, 4) is 17.2 Å². The fourth-order valence-electron chi connectivity index (χ4n) is 3.00. The fourth-order valence-corrected chi connectivity index (χ4v) is 4.00. The topological polar surface area (TPSA) is 69.7 Å². The summed E-state index contributed by atoms with van der Waals surface area (Å²) in [7, 11) is 1.60. The van der Waals surface area contributed by atoms with Crippen molar-refractivity contribution in [3.63, 3.8) is 0 Å². The number of amides is 1. The van der Waals surface area contributed by atoms with E-state index in [1.165, 1.54) is 17.4 Å². The molecule has 0 unspecified atom stereocenters. The van der Waals surface area contributed by atoms with Gasteiger partial charge in [-0.3, -0.25) is 10.1 Å². The second kappa shape index (κ2) is 8.36. The molecule has 29 heavy (non-hydrogen) atoms. The van der Waals surface area contributed by atoms with Crippen LogP contribution in [0.3, 0.4) is 0 Å². The number of aromatic nitrogens is 1. The molecule has 1 N–H and O–H groups in total. The molecule has 1 aromatic heterocycles. The smallest absolute Gasteiger partial charge is 0.250 e. The highest BCUT2D eigenvalue weighted by molar-refractivity contribution is 7.15. The lowest BCUT2D eigenvalue weighted by atomic mass is 10.1. The van der Waals surface area contributed by atoms with Crippen LogP contribution in [0.25, 0.3) is 6.08 Å². The summed E-state index contributed by atoms with van der Waals surface area (Å²) in [6, 6.07) is 13.4. The summed E-state index contributed by atoms with van der Waals surface area (Å²) < 4.78 is 16.1. The van der Waals surface area contributed by atoms with Crippen LogP contribution in [0.5, 0.6) is 17.2 Å². The monoisotopic (exact) mass is 408 g/mol. The van der Waals surface area contributed by atoms with E-state index >= 15 is 0 Å². The molecular formula is C22H20N2O4S. The second-order valence-corrected chi connectivity index (χ2v) is 7.54. The zero-order valence-electron chi connectivity index (χ0n) is 16.1. The number of thiazole rings is 1. The summed E-state index contributed by atoms with van der Waals surface area (Å²) in [5.74, 6) is 2.01. The number of carbonyl (C=O) groups excluding carboxylic acids is 1. The molecular weight excluding hydrogens is 388 g/mol. The molecule has 1 amide bonds. The Morgan fingerprint density at radius 3 is 2.93 bits per heavy atom. The van der Waals surface area contributed by atoms with Crippen molar-refractivity contribution in [1.82, 2.24) is 4.98 Å². The number of anilines is 1. The highest BCUT2D eigenvalue weighted by Crippen LogP contribution is 2.34. The van der Waals surface area contributed by atoms with E-state index in [4.69, 9.17) is 14.2 Å². The number of benzene rings is 2. The number of nitrogens with zero attached hydrogens (tertiary/aromatic N) is 1. The van der Waals surface area contributed by atoms with Gasteiger partial charge in [0.15, 0.2) is 16.6 Å². The lowest BCUT2D eigenvalue weighted by Crippen LogP contribution is -2.07. The molecule has 3 aromatic rings. The van der Waals surface area contributed by atoms with Crippen LogP contribution in [-0.2, 0) is 11.2 Å². The molecule has 2 heterocycles. The molecule has 0 saturated carbocycles. The number of para-hydroxylation sites is 1. The lowest BCUT2D eigenvalue weighted by Gasteiger charge is -2.03. The van der Waals surface area contributed by atoms with Crippen LogP contribution >= 0.6 is 11.3 Å². The number of methoxy groups -OCH3 is 1. The maximum atomic E-state index is 12.3. The first kappa shape index (κ1) is 19.0. The van der Waals surface area contributed by atoms with Gasteiger partial charge in [0.05, 0.1) is 12.8 Å². The molecule has 148 valence electrons. The van der Waals surface area contributed by atoms with E-state index in [1.54, 1.807) is 13.2 Å². The van der Waals surface area contributed by atoms with Gasteiger partial charge in [0, 0.05) is 22.9 Å². The van der Waals surface area contributed by atoms with Crippen LogP contribution in [0.15, 0.2) is 48.5 Å². The largest absolute Gasteiger partial charge is 0.496 e. The van der Waals surface area contributed by atoms with Gasteiger partial charge in [-0.2, -0.15) is 0 Å². The van der Waals surface area contributed by atoms with Crippen LogP contribution in [0, 0.1) is 6.92 Å². The normalized spacial score (nSPS) is 12.3. The van der Waals surface area contributed by atoms with E-state index in [9.17, 15) is 4.79 Å². The molecule has 6 nitrogen and oxygen atoms in total. The Hall–Kier alpha value is -3.32. The van der Waals surface area contributed by atoms with E-state index in [-0.39, 0.29) is 12.7 Å². The zero-order chi connectivity index (χ0) is 20.2. The minimum atomic E-state index is -0.237. The van der Waals surface area contributed by atoms with E-state index in [0.29, 0.717) is 17.3 Å². The Morgan fingerprint density at radius 1 is 1.24 bits per heavy atom. The number of nitrogens with one attached hydrogen (secondary N) is 1. The van der Waals surface area contributed by atoms with Crippen molar-refractivity contribution >= 4 is 28.5 Å².